The number of aliphatic carboxylic acids is 1. The number of sulfone groups is 1. The number of hydrogen-bond donors (Lipinski definition) is 2. The Kier molecular flexibility index (Phi) is 3.92. The maximum Gasteiger partial charge on any atom is 0.320 e. The van der Waals surface area contributed by atoms with Crippen molar-refractivity contribution in [3.05, 3.63) is 0 Å². The van der Waals surface area contributed by atoms with Gasteiger partial charge < -0.3 is 10.2 Å². The van der Waals surface area contributed by atoms with Crippen LogP contribution in [-0.4, -0.2) is 66.2 Å². The van der Waals surface area contributed by atoms with E-state index in [9.17, 15) is 18.3 Å². The van der Waals surface area contributed by atoms with E-state index in [0.717, 1.165) is 0 Å². The predicted octanol–water partition coefficient (Wildman–Crippen LogP) is -1.06. The lowest BCUT2D eigenvalue weighted by atomic mass is 10.1. The molecule has 6 nitrogen and oxygen atoms in total. The lowest BCUT2D eigenvalue weighted by molar-refractivity contribution is -0.144. The standard InChI is InChI=1S/C9H17NO5S/c1-3-6(9(12)13)10(2)7-4-16(14,15)5-8(7)11/h6-8,11H,3-5H2,1-2H3,(H,12,13). The number of rotatable bonds is 4. The van der Waals surface area contributed by atoms with Gasteiger partial charge in [0.1, 0.15) is 6.04 Å². The van der Waals surface area contributed by atoms with Crippen molar-refractivity contribution in [1.29, 1.82) is 0 Å². The zero-order chi connectivity index (χ0) is 12.5. The fraction of sp³-hybridized carbons (Fsp3) is 0.889. The Morgan fingerprint density at radius 1 is 1.50 bits per heavy atom. The van der Waals surface area contributed by atoms with Gasteiger partial charge in [0.25, 0.3) is 0 Å². The average molecular weight is 251 g/mol. The molecule has 1 saturated heterocycles. The third-order valence-electron chi connectivity index (χ3n) is 2.98. The van der Waals surface area contributed by atoms with Gasteiger partial charge in [-0.2, -0.15) is 0 Å². The van der Waals surface area contributed by atoms with Gasteiger partial charge in [-0.3, -0.25) is 9.69 Å². The van der Waals surface area contributed by atoms with Crippen LogP contribution in [0.4, 0.5) is 0 Å². The molecule has 1 rings (SSSR count). The molecule has 0 saturated carbocycles. The van der Waals surface area contributed by atoms with Crippen LogP contribution in [0.25, 0.3) is 0 Å². The first-order valence-electron chi connectivity index (χ1n) is 5.11. The fourth-order valence-electron chi connectivity index (χ4n) is 2.07. The highest BCUT2D eigenvalue weighted by molar-refractivity contribution is 7.91. The molecule has 7 heteroatoms. The molecule has 94 valence electrons. The van der Waals surface area contributed by atoms with Crippen molar-refractivity contribution in [1.82, 2.24) is 4.90 Å². The maximum absolute atomic E-state index is 11.3. The van der Waals surface area contributed by atoms with Crippen LogP contribution >= 0.6 is 0 Å². The molecule has 0 aromatic heterocycles. The Morgan fingerprint density at radius 3 is 2.38 bits per heavy atom. The van der Waals surface area contributed by atoms with Gasteiger partial charge in [-0.15, -0.1) is 0 Å². The van der Waals surface area contributed by atoms with Crippen molar-refractivity contribution in [3.63, 3.8) is 0 Å². The van der Waals surface area contributed by atoms with Gasteiger partial charge in [0, 0.05) is 0 Å². The van der Waals surface area contributed by atoms with Gasteiger partial charge in [-0.25, -0.2) is 8.42 Å². The summed E-state index contributed by atoms with van der Waals surface area (Å²) in [7, 11) is -1.70. The number of nitrogens with zero attached hydrogens (tertiary/aromatic N) is 1. The molecule has 1 heterocycles. The van der Waals surface area contributed by atoms with Gasteiger partial charge in [0.05, 0.1) is 23.7 Å². The lowest BCUT2D eigenvalue weighted by Gasteiger charge is -2.30. The number of carboxylic acid groups (broad SMARTS) is 1. The lowest BCUT2D eigenvalue weighted by Crippen LogP contribution is -2.49. The summed E-state index contributed by atoms with van der Waals surface area (Å²) in [6, 6.07) is -1.38. The van der Waals surface area contributed by atoms with Gasteiger partial charge >= 0.3 is 5.97 Å². The summed E-state index contributed by atoms with van der Waals surface area (Å²) in [5.41, 5.74) is 0. The monoisotopic (exact) mass is 251 g/mol. The van der Waals surface area contributed by atoms with E-state index in [4.69, 9.17) is 5.11 Å². The van der Waals surface area contributed by atoms with Crippen molar-refractivity contribution in [2.45, 2.75) is 31.5 Å². The van der Waals surface area contributed by atoms with Crippen molar-refractivity contribution in [3.8, 4) is 0 Å². The third-order valence-corrected chi connectivity index (χ3v) is 4.68. The van der Waals surface area contributed by atoms with Crippen molar-refractivity contribution < 1.29 is 23.4 Å². The molecule has 2 N–H and O–H groups in total. The molecule has 3 atom stereocenters. The summed E-state index contributed by atoms with van der Waals surface area (Å²) in [6.07, 6.45) is -0.627. The maximum atomic E-state index is 11.3. The first-order valence-corrected chi connectivity index (χ1v) is 6.94. The van der Waals surface area contributed by atoms with Crippen molar-refractivity contribution >= 4 is 15.8 Å². The van der Waals surface area contributed by atoms with Crippen LogP contribution in [0.3, 0.4) is 0 Å². The highest BCUT2D eigenvalue weighted by Crippen LogP contribution is 2.20. The minimum atomic E-state index is -3.24. The topological polar surface area (TPSA) is 94.9 Å². The number of aliphatic hydroxyl groups excluding tert-OH is 1. The van der Waals surface area contributed by atoms with Gasteiger partial charge in [0.2, 0.25) is 0 Å². The highest BCUT2D eigenvalue weighted by atomic mass is 32.2. The van der Waals surface area contributed by atoms with Crippen molar-refractivity contribution in [2.75, 3.05) is 18.6 Å². The Balaban J connectivity index is 2.82. The van der Waals surface area contributed by atoms with Crippen molar-refractivity contribution in [2.24, 2.45) is 0 Å². The molecular weight excluding hydrogens is 234 g/mol. The molecule has 0 aromatic carbocycles. The molecule has 1 aliphatic rings. The van der Waals surface area contributed by atoms with Crippen LogP contribution in [-0.2, 0) is 14.6 Å². The molecule has 3 unspecified atom stereocenters. The summed E-state index contributed by atoms with van der Waals surface area (Å²) >= 11 is 0. The van der Waals surface area contributed by atoms with Crippen LogP contribution in [0.5, 0.6) is 0 Å². The average Bonchev–Trinajstić information content (AvgIpc) is 2.40. The quantitative estimate of drug-likeness (QED) is 0.661. The molecule has 0 radical (unpaired) electrons. The van der Waals surface area contributed by atoms with E-state index in [0.29, 0.717) is 6.42 Å². The van der Waals surface area contributed by atoms with Gasteiger partial charge in [-0.1, -0.05) is 6.92 Å². The summed E-state index contributed by atoms with van der Waals surface area (Å²) in [6.45, 7) is 1.71. The molecule has 1 fully saturated rings. The smallest absolute Gasteiger partial charge is 0.320 e. The van der Waals surface area contributed by atoms with Crippen LogP contribution in [0.2, 0.25) is 0 Å². The minimum absolute atomic E-state index is 0.172. The first-order chi connectivity index (χ1) is 7.28. The summed E-state index contributed by atoms with van der Waals surface area (Å²) in [5.74, 6) is -1.45. The normalized spacial score (nSPS) is 30.5. The summed E-state index contributed by atoms with van der Waals surface area (Å²) in [5, 5.41) is 18.6. The fourth-order valence-corrected chi connectivity index (χ4v) is 3.92. The van der Waals surface area contributed by atoms with Crippen LogP contribution in [0.1, 0.15) is 13.3 Å². The van der Waals surface area contributed by atoms with Gasteiger partial charge in [0.15, 0.2) is 9.84 Å². The molecule has 0 spiro atoms. The van der Waals surface area contributed by atoms with E-state index in [1.54, 1.807) is 6.92 Å². The Morgan fingerprint density at radius 2 is 2.06 bits per heavy atom. The second kappa shape index (κ2) is 4.68. The predicted molar refractivity (Wildman–Crippen MR) is 57.9 cm³/mol. The number of aliphatic hydroxyl groups is 1. The first kappa shape index (κ1) is 13.4. The Bertz CT molecular complexity index is 366. The molecule has 0 aromatic rings. The molecule has 0 amide bonds. The van der Waals surface area contributed by atoms with E-state index in [2.05, 4.69) is 0 Å². The van der Waals surface area contributed by atoms with E-state index in [1.165, 1.54) is 11.9 Å². The summed E-state index contributed by atoms with van der Waals surface area (Å²) in [4.78, 5) is 12.4. The van der Waals surface area contributed by atoms with Crippen LogP contribution < -0.4 is 0 Å². The van der Waals surface area contributed by atoms with E-state index in [1.807, 2.05) is 0 Å². The zero-order valence-electron chi connectivity index (χ0n) is 9.33. The van der Waals surface area contributed by atoms with E-state index >= 15 is 0 Å². The number of hydrogen-bond acceptors (Lipinski definition) is 5. The minimum Gasteiger partial charge on any atom is -0.480 e. The second-order valence-corrected chi connectivity index (χ2v) is 6.29. The Hall–Kier alpha value is -0.660. The number of carbonyl (C=O) groups is 1. The molecule has 0 aliphatic carbocycles. The highest BCUT2D eigenvalue weighted by Gasteiger charge is 2.41. The molecule has 0 bridgehead atoms. The largest absolute Gasteiger partial charge is 0.480 e. The van der Waals surface area contributed by atoms with E-state index < -0.39 is 34.0 Å². The zero-order valence-corrected chi connectivity index (χ0v) is 10.1. The molecule has 16 heavy (non-hydrogen) atoms. The number of likely N-dealkylation sites (N-methyl/N-ethyl adjacent to an activating group) is 1. The molecular formula is C9H17NO5S. The summed E-state index contributed by atoms with van der Waals surface area (Å²) < 4.78 is 22.6. The van der Waals surface area contributed by atoms with Gasteiger partial charge in [-0.05, 0) is 13.5 Å². The molecule has 1 aliphatic heterocycles. The van der Waals surface area contributed by atoms with E-state index in [-0.39, 0.29) is 11.5 Å². The Labute approximate surface area is 94.8 Å². The third kappa shape index (κ3) is 2.72. The SMILES string of the molecule is CCC(C(=O)O)N(C)C1CS(=O)(=O)CC1O. The van der Waals surface area contributed by atoms with Crippen LogP contribution in [0.15, 0.2) is 0 Å². The second-order valence-electron chi connectivity index (χ2n) is 4.14. The van der Waals surface area contributed by atoms with Crippen LogP contribution in [0, 0.1) is 0 Å². The number of carboxylic acids is 1.